The third-order valence-corrected chi connectivity index (χ3v) is 5.37. The van der Waals surface area contributed by atoms with Gasteiger partial charge in [-0.05, 0) is 43.0 Å². The molecule has 3 aromatic heterocycles. The lowest BCUT2D eigenvalue weighted by molar-refractivity contribution is 0.576. The summed E-state index contributed by atoms with van der Waals surface area (Å²) in [4.78, 5) is 20.6. The van der Waals surface area contributed by atoms with Crippen LogP contribution >= 0.6 is 11.6 Å². The van der Waals surface area contributed by atoms with Crippen molar-refractivity contribution < 1.29 is 0 Å². The van der Waals surface area contributed by atoms with E-state index >= 15 is 0 Å². The first-order valence-electron chi connectivity index (χ1n) is 9.43. The number of anilines is 2. The second-order valence-corrected chi connectivity index (χ2v) is 7.34. The van der Waals surface area contributed by atoms with Crippen molar-refractivity contribution in [1.29, 1.82) is 0 Å². The third-order valence-electron chi connectivity index (χ3n) is 4.93. The van der Waals surface area contributed by atoms with Gasteiger partial charge in [0.1, 0.15) is 5.82 Å². The van der Waals surface area contributed by atoms with E-state index < -0.39 is 0 Å². The molecule has 0 amide bonds. The molecule has 1 aliphatic heterocycles. The quantitative estimate of drug-likeness (QED) is 0.677. The first-order valence-corrected chi connectivity index (χ1v) is 9.86. The molecule has 1 saturated heterocycles. The van der Waals surface area contributed by atoms with Crippen LogP contribution in [0.5, 0.6) is 0 Å². The third kappa shape index (κ3) is 3.95. The van der Waals surface area contributed by atoms with Crippen molar-refractivity contribution >= 4 is 34.4 Å². The van der Waals surface area contributed by atoms with Gasteiger partial charge in [0.05, 0.1) is 5.39 Å². The van der Waals surface area contributed by atoms with Gasteiger partial charge in [0, 0.05) is 43.1 Å². The van der Waals surface area contributed by atoms with Crippen LogP contribution in [0.4, 0.5) is 11.8 Å². The second-order valence-electron chi connectivity index (χ2n) is 6.72. The number of nitrogens with one attached hydrogen (secondary N) is 1. The van der Waals surface area contributed by atoms with Crippen molar-refractivity contribution in [3.8, 4) is 0 Å². The molecule has 0 bridgehead atoms. The first-order chi connectivity index (χ1) is 13.2. The molecule has 1 aliphatic rings. The Hall–Kier alpha value is -2.47. The number of rotatable bonds is 5. The van der Waals surface area contributed by atoms with Gasteiger partial charge in [-0.3, -0.25) is 4.98 Å². The fraction of sp³-hybridized carbons (Fsp3) is 0.400. The van der Waals surface area contributed by atoms with Crippen LogP contribution < -0.4 is 10.2 Å². The van der Waals surface area contributed by atoms with E-state index in [2.05, 4.69) is 38.2 Å². The lowest BCUT2D eigenvalue weighted by atomic mass is 10.1. The summed E-state index contributed by atoms with van der Waals surface area (Å²) in [6, 6.07) is 7.99. The van der Waals surface area contributed by atoms with Gasteiger partial charge in [0.2, 0.25) is 5.95 Å². The Labute approximate surface area is 164 Å². The topological polar surface area (TPSA) is 66.8 Å². The first kappa shape index (κ1) is 17.9. The summed E-state index contributed by atoms with van der Waals surface area (Å²) in [7, 11) is 0. The normalized spacial score (nSPS) is 15.3. The van der Waals surface area contributed by atoms with Crippen LogP contribution in [0.25, 0.3) is 11.0 Å². The molecule has 1 N–H and O–H groups in total. The molecule has 4 heterocycles. The van der Waals surface area contributed by atoms with Crippen LogP contribution in [-0.2, 0) is 13.0 Å². The van der Waals surface area contributed by atoms with Crippen molar-refractivity contribution in [2.24, 2.45) is 0 Å². The van der Waals surface area contributed by atoms with Gasteiger partial charge in [0.25, 0.3) is 0 Å². The van der Waals surface area contributed by atoms with Gasteiger partial charge in [-0.15, -0.1) is 11.6 Å². The number of aryl methyl sites for hydroxylation is 1. The van der Waals surface area contributed by atoms with Gasteiger partial charge < -0.3 is 10.2 Å². The number of aromatic nitrogens is 4. The van der Waals surface area contributed by atoms with E-state index in [1.165, 1.54) is 5.56 Å². The molecule has 4 rings (SSSR count). The molecular formula is C20H23ClN6. The summed E-state index contributed by atoms with van der Waals surface area (Å²) >= 11 is 6.24. The molecule has 27 heavy (non-hydrogen) atoms. The molecule has 3 aromatic rings. The van der Waals surface area contributed by atoms with E-state index in [9.17, 15) is 0 Å². The summed E-state index contributed by atoms with van der Waals surface area (Å²) < 4.78 is 0. The molecule has 0 saturated carbocycles. The monoisotopic (exact) mass is 382 g/mol. The van der Waals surface area contributed by atoms with Crippen LogP contribution in [0.1, 0.15) is 31.0 Å². The minimum atomic E-state index is 0.246. The summed E-state index contributed by atoms with van der Waals surface area (Å²) in [6.45, 7) is 4.53. The number of hydrogen-bond donors (Lipinski definition) is 1. The summed E-state index contributed by atoms with van der Waals surface area (Å²) in [6.07, 6.45) is 6.41. The lowest BCUT2D eigenvalue weighted by Gasteiger charge is -2.29. The van der Waals surface area contributed by atoms with Crippen molar-refractivity contribution in [2.45, 2.75) is 38.1 Å². The van der Waals surface area contributed by atoms with E-state index in [-0.39, 0.29) is 5.38 Å². The number of fused-ring (bicyclic) bond motifs is 1. The predicted molar refractivity (Wildman–Crippen MR) is 109 cm³/mol. The SMILES string of the molecule is CCc1ncccc1CNc1nc(N2CCC(Cl)CC2)nc2ncccc12. The zero-order valence-electron chi connectivity index (χ0n) is 15.4. The number of pyridine rings is 2. The van der Waals surface area contributed by atoms with Gasteiger partial charge in [-0.25, -0.2) is 4.98 Å². The Bertz CT molecular complexity index is 923. The molecule has 6 nitrogen and oxygen atoms in total. The molecule has 0 radical (unpaired) electrons. The number of nitrogens with zero attached hydrogens (tertiary/aromatic N) is 5. The molecule has 0 aliphatic carbocycles. The molecular weight excluding hydrogens is 360 g/mol. The Morgan fingerprint density at radius 1 is 1.11 bits per heavy atom. The minimum Gasteiger partial charge on any atom is -0.365 e. The molecule has 0 aromatic carbocycles. The highest BCUT2D eigenvalue weighted by Gasteiger charge is 2.21. The van der Waals surface area contributed by atoms with Gasteiger partial charge in [-0.1, -0.05) is 13.0 Å². The lowest BCUT2D eigenvalue weighted by Crippen LogP contribution is -2.35. The Morgan fingerprint density at radius 2 is 1.89 bits per heavy atom. The van der Waals surface area contributed by atoms with Gasteiger partial charge in [0.15, 0.2) is 5.65 Å². The van der Waals surface area contributed by atoms with E-state index in [1.54, 1.807) is 6.20 Å². The summed E-state index contributed by atoms with van der Waals surface area (Å²) in [5.41, 5.74) is 2.99. The van der Waals surface area contributed by atoms with E-state index in [0.29, 0.717) is 18.1 Å². The van der Waals surface area contributed by atoms with Crippen molar-refractivity contribution in [1.82, 2.24) is 19.9 Å². The van der Waals surface area contributed by atoms with Crippen LogP contribution in [0.15, 0.2) is 36.7 Å². The maximum atomic E-state index is 6.24. The largest absolute Gasteiger partial charge is 0.365 e. The standard InChI is InChI=1S/C20H23ClN6/c1-2-17-14(5-3-9-22-17)13-24-19-16-6-4-10-23-18(16)25-20(26-19)27-11-7-15(21)8-12-27/h3-6,9-10,15H,2,7-8,11-13H2,1H3,(H,23,24,25,26). The molecule has 0 unspecified atom stereocenters. The zero-order chi connectivity index (χ0) is 18.6. The van der Waals surface area contributed by atoms with E-state index in [4.69, 9.17) is 16.6 Å². The molecule has 7 heteroatoms. The van der Waals surface area contributed by atoms with E-state index in [0.717, 1.165) is 49.2 Å². The second kappa shape index (κ2) is 8.05. The van der Waals surface area contributed by atoms with Gasteiger partial charge in [-0.2, -0.15) is 9.97 Å². The van der Waals surface area contributed by atoms with Crippen LogP contribution in [-0.4, -0.2) is 38.4 Å². The molecule has 0 atom stereocenters. The molecule has 0 spiro atoms. The fourth-order valence-corrected chi connectivity index (χ4v) is 3.60. The Kier molecular flexibility index (Phi) is 5.34. The highest BCUT2D eigenvalue weighted by Crippen LogP contribution is 2.25. The molecule has 1 fully saturated rings. The van der Waals surface area contributed by atoms with Crippen LogP contribution in [0, 0.1) is 0 Å². The number of alkyl halides is 1. The Morgan fingerprint density at radius 3 is 2.70 bits per heavy atom. The molecule has 140 valence electrons. The summed E-state index contributed by atoms with van der Waals surface area (Å²) in [5, 5.41) is 4.66. The maximum absolute atomic E-state index is 6.24. The number of hydrogen-bond acceptors (Lipinski definition) is 6. The summed E-state index contributed by atoms with van der Waals surface area (Å²) in [5.74, 6) is 1.52. The van der Waals surface area contributed by atoms with E-state index in [1.807, 2.05) is 24.4 Å². The highest BCUT2D eigenvalue weighted by atomic mass is 35.5. The van der Waals surface area contributed by atoms with Crippen LogP contribution in [0.3, 0.4) is 0 Å². The van der Waals surface area contributed by atoms with Crippen molar-refractivity contribution in [3.63, 3.8) is 0 Å². The number of piperidine rings is 1. The number of halogens is 1. The maximum Gasteiger partial charge on any atom is 0.229 e. The van der Waals surface area contributed by atoms with Gasteiger partial charge >= 0.3 is 0 Å². The minimum absolute atomic E-state index is 0.246. The zero-order valence-corrected chi connectivity index (χ0v) is 16.2. The van der Waals surface area contributed by atoms with Crippen LogP contribution in [0.2, 0.25) is 0 Å². The smallest absolute Gasteiger partial charge is 0.229 e. The van der Waals surface area contributed by atoms with Crippen molar-refractivity contribution in [2.75, 3.05) is 23.3 Å². The average Bonchev–Trinajstić information content (AvgIpc) is 2.72. The predicted octanol–water partition coefficient (Wildman–Crippen LogP) is 3.80. The highest BCUT2D eigenvalue weighted by molar-refractivity contribution is 6.20. The fourth-order valence-electron chi connectivity index (χ4n) is 3.40. The average molecular weight is 383 g/mol. The van der Waals surface area contributed by atoms with Crippen molar-refractivity contribution in [3.05, 3.63) is 47.9 Å². The Balaban J connectivity index is 1.64.